The van der Waals surface area contributed by atoms with E-state index < -0.39 is 0 Å². The van der Waals surface area contributed by atoms with Gasteiger partial charge in [-0.1, -0.05) is 24.7 Å². The molecule has 0 saturated carbocycles. The topological polar surface area (TPSA) is 86.7 Å². The highest BCUT2D eigenvalue weighted by Gasteiger charge is 2.09. The Labute approximate surface area is 129 Å². The van der Waals surface area contributed by atoms with Gasteiger partial charge in [-0.3, -0.25) is 9.36 Å². The molecule has 0 aromatic carbocycles. The Bertz CT molecular complexity index is 819. The van der Waals surface area contributed by atoms with Crippen LogP contribution in [-0.2, 0) is 19.4 Å². The molecule has 6 nitrogen and oxygen atoms in total. The van der Waals surface area contributed by atoms with Crippen LogP contribution in [0.1, 0.15) is 23.2 Å². The molecule has 0 spiro atoms. The maximum absolute atomic E-state index is 12.4. The number of aryl methyl sites for hydroxylation is 3. The number of nitrogens with two attached hydrogens (primary N) is 1. The zero-order valence-electron chi connectivity index (χ0n) is 11.6. The van der Waals surface area contributed by atoms with Gasteiger partial charge >= 0.3 is 0 Å². The number of thiophene rings is 1. The van der Waals surface area contributed by atoms with E-state index in [0.29, 0.717) is 23.5 Å². The number of fused-ring (bicyclic) bond motifs is 1. The van der Waals surface area contributed by atoms with Crippen LogP contribution in [0.15, 0.2) is 17.2 Å². The van der Waals surface area contributed by atoms with Gasteiger partial charge in [-0.05, 0) is 12.5 Å². The second-order valence-electron chi connectivity index (χ2n) is 4.71. The van der Waals surface area contributed by atoms with Crippen molar-refractivity contribution in [3.05, 3.63) is 32.6 Å². The molecule has 3 heterocycles. The van der Waals surface area contributed by atoms with Crippen molar-refractivity contribution in [2.24, 2.45) is 0 Å². The van der Waals surface area contributed by atoms with Gasteiger partial charge in [0.25, 0.3) is 5.56 Å². The highest BCUT2D eigenvalue weighted by Crippen LogP contribution is 2.22. The monoisotopic (exact) mass is 321 g/mol. The summed E-state index contributed by atoms with van der Waals surface area (Å²) >= 11 is 2.95. The SMILES string of the molecule is CCCc1cc2c(=O)n(CCc3nnc(N)s3)cnc2s1. The minimum Gasteiger partial charge on any atom is -0.374 e. The van der Waals surface area contributed by atoms with Gasteiger partial charge in [-0.15, -0.1) is 21.5 Å². The van der Waals surface area contributed by atoms with Crippen molar-refractivity contribution in [3.8, 4) is 0 Å². The van der Waals surface area contributed by atoms with Gasteiger partial charge in [0.1, 0.15) is 9.84 Å². The predicted molar refractivity (Wildman–Crippen MR) is 85.9 cm³/mol. The van der Waals surface area contributed by atoms with Crippen molar-refractivity contribution < 1.29 is 0 Å². The van der Waals surface area contributed by atoms with Crippen LogP contribution in [-0.4, -0.2) is 19.7 Å². The summed E-state index contributed by atoms with van der Waals surface area (Å²) in [5.74, 6) is 0. The molecule has 8 heteroatoms. The van der Waals surface area contributed by atoms with E-state index in [-0.39, 0.29) is 5.56 Å². The first-order valence-corrected chi connectivity index (χ1v) is 8.36. The summed E-state index contributed by atoms with van der Waals surface area (Å²) in [5.41, 5.74) is 5.56. The summed E-state index contributed by atoms with van der Waals surface area (Å²) in [5, 5.41) is 9.72. The summed E-state index contributed by atoms with van der Waals surface area (Å²) in [6.07, 6.45) is 4.30. The van der Waals surface area contributed by atoms with Crippen LogP contribution in [0.4, 0.5) is 5.13 Å². The normalized spacial score (nSPS) is 11.3. The molecule has 0 fully saturated rings. The summed E-state index contributed by atoms with van der Waals surface area (Å²) in [6, 6.07) is 1.97. The van der Waals surface area contributed by atoms with Crippen LogP contribution >= 0.6 is 22.7 Å². The summed E-state index contributed by atoms with van der Waals surface area (Å²) in [4.78, 5) is 18.9. The third-order valence-corrected chi connectivity index (χ3v) is 5.03. The van der Waals surface area contributed by atoms with E-state index in [1.165, 1.54) is 16.2 Å². The molecule has 3 aromatic rings. The van der Waals surface area contributed by atoms with E-state index in [9.17, 15) is 4.79 Å². The molecular weight excluding hydrogens is 306 g/mol. The van der Waals surface area contributed by atoms with Gasteiger partial charge in [0.2, 0.25) is 5.13 Å². The van der Waals surface area contributed by atoms with Gasteiger partial charge in [-0.2, -0.15) is 0 Å². The first-order valence-electron chi connectivity index (χ1n) is 6.73. The molecule has 2 N–H and O–H groups in total. The third kappa shape index (κ3) is 2.96. The average Bonchev–Trinajstić information content (AvgIpc) is 3.05. The first-order chi connectivity index (χ1) is 10.2. The lowest BCUT2D eigenvalue weighted by molar-refractivity contribution is 0.657. The first kappa shape index (κ1) is 14.2. The second-order valence-corrected chi connectivity index (χ2v) is 6.92. The number of nitrogens with zero attached hydrogens (tertiary/aromatic N) is 4. The van der Waals surface area contributed by atoms with Gasteiger partial charge in [-0.25, -0.2) is 4.98 Å². The number of rotatable bonds is 5. The Morgan fingerprint density at radius 2 is 2.14 bits per heavy atom. The molecule has 3 rings (SSSR count). The summed E-state index contributed by atoms with van der Waals surface area (Å²) in [6.45, 7) is 2.67. The minimum absolute atomic E-state index is 0.0103. The Morgan fingerprint density at radius 1 is 1.29 bits per heavy atom. The Morgan fingerprint density at radius 3 is 2.86 bits per heavy atom. The van der Waals surface area contributed by atoms with Crippen LogP contribution in [0.5, 0.6) is 0 Å². The van der Waals surface area contributed by atoms with E-state index in [4.69, 9.17) is 5.73 Å². The fraction of sp³-hybridized carbons (Fsp3) is 0.385. The van der Waals surface area contributed by atoms with Crippen LogP contribution in [0.3, 0.4) is 0 Å². The van der Waals surface area contributed by atoms with Crippen LogP contribution in [0.2, 0.25) is 0 Å². The van der Waals surface area contributed by atoms with Crippen LogP contribution < -0.4 is 11.3 Å². The van der Waals surface area contributed by atoms with Crippen molar-refractivity contribution in [1.29, 1.82) is 0 Å². The van der Waals surface area contributed by atoms with E-state index in [1.54, 1.807) is 22.2 Å². The van der Waals surface area contributed by atoms with Gasteiger partial charge in [0.15, 0.2) is 0 Å². The Hall–Kier alpha value is -1.80. The predicted octanol–water partition coefficient (Wildman–Crippen LogP) is 2.09. The number of hydrogen-bond donors (Lipinski definition) is 1. The summed E-state index contributed by atoms with van der Waals surface area (Å²) in [7, 11) is 0. The zero-order valence-corrected chi connectivity index (χ0v) is 13.2. The molecule has 0 amide bonds. The molecule has 0 aliphatic carbocycles. The van der Waals surface area contributed by atoms with E-state index in [2.05, 4.69) is 22.1 Å². The number of hydrogen-bond acceptors (Lipinski definition) is 7. The highest BCUT2D eigenvalue weighted by molar-refractivity contribution is 7.18. The number of aromatic nitrogens is 4. The quantitative estimate of drug-likeness (QED) is 0.777. The molecule has 0 aliphatic rings. The standard InChI is InChI=1S/C13H15N5OS2/c1-2-3-8-6-9-11(20-8)15-7-18(12(9)19)5-4-10-16-17-13(14)21-10/h6-7H,2-5H2,1H3,(H2,14,17). The molecule has 0 aliphatic heterocycles. The lowest BCUT2D eigenvalue weighted by atomic mass is 10.2. The van der Waals surface area contributed by atoms with Crippen molar-refractivity contribution in [2.45, 2.75) is 32.7 Å². The number of nitrogen functional groups attached to an aromatic ring is 1. The fourth-order valence-corrected chi connectivity index (χ4v) is 3.81. The molecule has 0 radical (unpaired) electrons. The maximum Gasteiger partial charge on any atom is 0.262 e. The smallest absolute Gasteiger partial charge is 0.262 e. The molecule has 0 saturated heterocycles. The molecular formula is C13H15N5OS2. The fourth-order valence-electron chi connectivity index (χ4n) is 2.12. The van der Waals surface area contributed by atoms with Crippen LogP contribution in [0.25, 0.3) is 10.2 Å². The lowest BCUT2D eigenvalue weighted by Gasteiger charge is -2.02. The Balaban J connectivity index is 1.85. The molecule has 21 heavy (non-hydrogen) atoms. The van der Waals surface area contributed by atoms with Crippen LogP contribution in [0, 0.1) is 0 Å². The van der Waals surface area contributed by atoms with Crippen molar-refractivity contribution in [2.75, 3.05) is 5.73 Å². The Kier molecular flexibility index (Phi) is 3.98. The van der Waals surface area contributed by atoms with Crippen molar-refractivity contribution in [3.63, 3.8) is 0 Å². The van der Waals surface area contributed by atoms with E-state index >= 15 is 0 Å². The average molecular weight is 321 g/mol. The lowest BCUT2D eigenvalue weighted by Crippen LogP contribution is -2.20. The molecule has 0 atom stereocenters. The van der Waals surface area contributed by atoms with Gasteiger partial charge < -0.3 is 5.73 Å². The van der Waals surface area contributed by atoms with E-state index in [1.807, 2.05) is 6.07 Å². The minimum atomic E-state index is 0.0103. The molecule has 3 aromatic heterocycles. The van der Waals surface area contributed by atoms with Crippen molar-refractivity contribution in [1.82, 2.24) is 19.7 Å². The van der Waals surface area contributed by atoms with Gasteiger partial charge in [0.05, 0.1) is 11.7 Å². The summed E-state index contributed by atoms with van der Waals surface area (Å²) < 4.78 is 1.63. The highest BCUT2D eigenvalue weighted by atomic mass is 32.1. The largest absolute Gasteiger partial charge is 0.374 e. The second kappa shape index (κ2) is 5.90. The van der Waals surface area contributed by atoms with E-state index in [0.717, 1.165) is 22.7 Å². The molecule has 0 bridgehead atoms. The van der Waals surface area contributed by atoms with Crippen molar-refractivity contribution >= 4 is 38.0 Å². The molecule has 110 valence electrons. The number of anilines is 1. The third-order valence-electron chi connectivity index (χ3n) is 3.11. The van der Waals surface area contributed by atoms with Gasteiger partial charge in [0, 0.05) is 17.8 Å². The zero-order chi connectivity index (χ0) is 14.8. The maximum atomic E-state index is 12.4. The molecule has 0 unspecified atom stereocenters.